The van der Waals surface area contributed by atoms with E-state index >= 15 is 0 Å². The van der Waals surface area contributed by atoms with Gasteiger partial charge < -0.3 is 10.1 Å². The third-order valence-electron chi connectivity index (χ3n) is 2.90. The number of rotatable bonds is 7. The summed E-state index contributed by atoms with van der Waals surface area (Å²) in [5.41, 5.74) is -2.65. The van der Waals surface area contributed by atoms with Crippen LogP contribution in [0.5, 0.6) is 0 Å². The topological polar surface area (TPSA) is 98.5 Å². The van der Waals surface area contributed by atoms with Gasteiger partial charge in [0.2, 0.25) is 5.91 Å². The number of halogens is 3. The first kappa shape index (κ1) is 20.7. The summed E-state index contributed by atoms with van der Waals surface area (Å²) in [6.45, 7) is 3.21. The highest BCUT2D eigenvalue weighted by Gasteiger charge is 2.36. The second kappa shape index (κ2) is 8.70. The summed E-state index contributed by atoms with van der Waals surface area (Å²) in [5, 5.41) is 11.9. The molecular formula is C14H15F3N2O5S. The number of anilines is 1. The maximum absolute atomic E-state index is 13.0. The normalized spacial score (nSPS) is 12.4. The lowest BCUT2D eigenvalue weighted by Gasteiger charge is -2.16. The summed E-state index contributed by atoms with van der Waals surface area (Å²) in [5.74, 6) is -1.44. The summed E-state index contributed by atoms with van der Waals surface area (Å²) in [7, 11) is 0. The third-order valence-corrected chi connectivity index (χ3v) is 4.02. The van der Waals surface area contributed by atoms with Crippen molar-refractivity contribution in [1.29, 1.82) is 0 Å². The average molecular weight is 380 g/mol. The maximum atomic E-state index is 13.0. The van der Waals surface area contributed by atoms with Crippen LogP contribution >= 0.6 is 11.8 Å². The maximum Gasteiger partial charge on any atom is 0.418 e. The monoisotopic (exact) mass is 380 g/mol. The number of hydrogen-bond donors (Lipinski definition) is 1. The standard InChI is InChI=1S/C14H15F3N2O5S/c1-3-24-12(20)7-25-8(2)13(21)18-11-5-4-9(19(22)23)6-10(11)14(15,16)17/h4-6,8H,3,7H2,1-2H3,(H,18,21). The van der Waals surface area contributed by atoms with Gasteiger partial charge in [-0.1, -0.05) is 0 Å². The molecule has 1 rings (SSSR count). The van der Waals surface area contributed by atoms with E-state index in [1.807, 2.05) is 0 Å². The molecule has 0 heterocycles. The number of carbonyl (C=O) groups excluding carboxylic acids is 2. The van der Waals surface area contributed by atoms with Crippen LogP contribution in [0.2, 0.25) is 0 Å². The van der Waals surface area contributed by atoms with Crippen LogP contribution in [-0.4, -0.2) is 34.4 Å². The van der Waals surface area contributed by atoms with E-state index in [2.05, 4.69) is 10.1 Å². The third kappa shape index (κ3) is 6.25. The van der Waals surface area contributed by atoms with Gasteiger partial charge in [-0.15, -0.1) is 11.8 Å². The first-order valence-electron chi connectivity index (χ1n) is 7.00. The van der Waals surface area contributed by atoms with E-state index in [9.17, 15) is 32.9 Å². The molecule has 1 N–H and O–H groups in total. The van der Waals surface area contributed by atoms with Crippen LogP contribution < -0.4 is 5.32 Å². The molecule has 0 bridgehead atoms. The van der Waals surface area contributed by atoms with Crippen molar-refractivity contribution in [2.24, 2.45) is 0 Å². The van der Waals surface area contributed by atoms with Crippen LogP contribution in [0.3, 0.4) is 0 Å². The number of thioether (sulfide) groups is 1. The van der Waals surface area contributed by atoms with Crippen molar-refractivity contribution in [3.05, 3.63) is 33.9 Å². The molecule has 0 aliphatic heterocycles. The summed E-state index contributed by atoms with van der Waals surface area (Å²) >= 11 is 0.897. The van der Waals surface area contributed by atoms with Gasteiger partial charge in [-0.25, -0.2) is 0 Å². The number of nitrogens with zero attached hydrogens (tertiary/aromatic N) is 1. The van der Waals surface area contributed by atoms with E-state index in [1.165, 1.54) is 6.92 Å². The van der Waals surface area contributed by atoms with Gasteiger partial charge in [-0.05, 0) is 19.9 Å². The molecule has 0 saturated heterocycles. The van der Waals surface area contributed by atoms with Crippen molar-refractivity contribution in [2.45, 2.75) is 25.3 Å². The average Bonchev–Trinajstić information content (AvgIpc) is 2.51. The van der Waals surface area contributed by atoms with Crippen LogP contribution in [-0.2, 0) is 20.5 Å². The first-order chi connectivity index (χ1) is 11.6. The smallest absolute Gasteiger partial charge is 0.418 e. The molecule has 0 saturated carbocycles. The zero-order valence-electron chi connectivity index (χ0n) is 13.3. The highest BCUT2D eigenvalue weighted by atomic mass is 32.2. The largest absolute Gasteiger partial charge is 0.465 e. The van der Waals surface area contributed by atoms with Crippen LogP contribution in [0.15, 0.2) is 18.2 Å². The number of nitrogens with one attached hydrogen (secondary N) is 1. The summed E-state index contributed by atoms with van der Waals surface area (Å²) < 4.78 is 43.8. The lowest BCUT2D eigenvalue weighted by atomic mass is 10.1. The molecule has 0 aliphatic rings. The zero-order valence-corrected chi connectivity index (χ0v) is 14.1. The summed E-state index contributed by atoms with van der Waals surface area (Å²) in [6.07, 6.45) is -4.88. The molecule has 0 aliphatic carbocycles. The molecule has 0 spiro atoms. The Morgan fingerprint density at radius 2 is 2.04 bits per heavy atom. The fourth-order valence-electron chi connectivity index (χ4n) is 1.70. The Kier molecular flexibility index (Phi) is 7.22. The molecule has 0 aromatic heterocycles. The minimum atomic E-state index is -4.88. The van der Waals surface area contributed by atoms with Crippen LogP contribution in [0.25, 0.3) is 0 Å². The van der Waals surface area contributed by atoms with Gasteiger partial charge in [0.25, 0.3) is 5.69 Å². The van der Waals surface area contributed by atoms with E-state index in [4.69, 9.17) is 0 Å². The van der Waals surface area contributed by atoms with Crippen LogP contribution in [0.1, 0.15) is 19.4 Å². The van der Waals surface area contributed by atoms with E-state index in [1.54, 1.807) is 6.92 Å². The van der Waals surface area contributed by atoms with E-state index in [0.29, 0.717) is 6.07 Å². The number of nitro benzene ring substituents is 1. The summed E-state index contributed by atoms with van der Waals surface area (Å²) in [4.78, 5) is 32.9. The first-order valence-corrected chi connectivity index (χ1v) is 8.04. The fourth-order valence-corrected chi connectivity index (χ4v) is 2.37. The molecule has 1 atom stereocenters. The molecule has 1 aromatic rings. The zero-order chi connectivity index (χ0) is 19.2. The number of amides is 1. The van der Waals surface area contributed by atoms with Crippen molar-refractivity contribution in [3.63, 3.8) is 0 Å². The Hall–Kier alpha value is -2.30. The van der Waals surface area contributed by atoms with Crippen molar-refractivity contribution >= 4 is 35.0 Å². The lowest BCUT2D eigenvalue weighted by Crippen LogP contribution is -2.25. The predicted molar refractivity (Wildman–Crippen MR) is 85.3 cm³/mol. The highest BCUT2D eigenvalue weighted by Crippen LogP contribution is 2.37. The summed E-state index contributed by atoms with van der Waals surface area (Å²) in [6, 6.07) is 2.04. The minimum absolute atomic E-state index is 0.130. The SMILES string of the molecule is CCOC(=O)CSC(C)C(=O)Nc1ccc([N+](=O)[O-])cc1C(F)(F)F. The number of hydrogen-bond acceptors (Lipinski definition) is 6. The fraction of sp³-hybridized carbons (Fsp3) is 0.429. The van der Waals surface area contributed by atoms with Crippen molar-refractivity contribution < 1.29 is 32.4 Å². The molecular weight excluding hydrogens is 365 g/mol. The number of alkyl halides is 3. The van der Waals surface area contributed by atoms with E-state index < -0.39 is 45.2 Å². The molecule has 0 fully saturated rings. The van der Waals surface area contributed by atoms with Gasteiger partial charge in [0.15, 0.2) is 0 Å². The van der Waals surface area contributed by atoms with Crippen molar-refractivity contribution in [3.8, 4) is 0 Å². The molecule has 1 aromatic carbocycles. The number of ether oxygens (including phenoxy) is 1. The quantitative estimate of drug-likeness (QED) is 0.443. The molecule has 25 heavy (non-hydrogen) atoms. The molecule has 138 valence electrons. The van der Waals surface area contributed by atoms with Gasteiger partial charge in [0.1, 0.15) is 0 Å². The second-order valence-electron chi connectivity index (χ2n) is 4.73. The van der Waals surface area contributed by atoms with Gasteiger partial charge in [0, 0.05) is 12.1 Å². The number of benzene rings is 1. The second-order valence-corrected chi connectivity index (χ2v) is 6.06. The number of carbonyl (C=O) groups is 2. The Labute approximate surface area is 145 Å². The molecule has 1 unspecified atom stereocenters. The van der Waals surface area contributed by atoms with Gasteiger partial charge >= 0.3 is 12.1 Å². The molecule has 11 heteroatoms. The van der Waals surface area contributed by atoms with Crippen LogP contribution in [0.4, 0.5) is 24.5 Å². The molecule has 7 nitrogen and oxygen atoms in total. The van der Waals surface area contributed by atoms with E-state index in [-0.39, 0.29) is 12.4 Å². The van der Waals surface area contributed by atoms with Gasteiger partial charge in [-0.2, -0.15) is 13.2 Å². The predicted octanol–water partition coefficient (Wildman–Crippen LogP) is 3.24. The lowest BCUT2D eigenvalue weighted by molar-refractivity contribution is -0.385. The number of nitro groups is 1. The van der Waals surface area contributed by atoms with Gasteiger partial charge in [0.05, 0.1) is 33.8 Å². The Bertz CT molecular complexity index is 666. The number of esters is 1. The Morgan fingerprint density at radius 1 is 1.40 bits per heavy atom. The Morgan fingerprint density at radius 3 is 2.56 bits per heavy atom. The minimum Gasteiger partial charge on any atom is -0.465 e. The van der Waals surface area contributed by atoms with Crippen molar-refractivity contribution in [2.75, 3.05) is 17.7 Å². The highest BCUT2D eigenvalue weighted by molar-refractivity contribution is 8.01. The van der Waals surface area contributed by atoms with Crippen molar-refractivity contribution in [1.82, 2.24) is 0 Å². The van der Waals surface area contributed by atoms with Gasteiger partial charge in [-0.3, -0.25) is 19.7 Å². The Balaban J connectivity index is 2.89. The van der Waals surface area contributed by atoms with Crippen LogP contribution in [0, 0.1) is 10.1 Å². The molecule has 1 amide bonds. The number of non-ortho nitro benzene ring substituents is 1. The molecule has 0 radical (unpaired) electrons. The van der Waals surface area contributed by atoms with E-state index in [0.717, 1.165) is 23.9 Å².